The molecule has 0 N–H and O–H groups in total. The van der Waals surface area contributed by atoms with Gasteiger partial charge >= 0.3 is 6.09 Å². The number of nitrogens with zero attached hydrogens (tertiary/aromatic N) is 7. The molecule has 10 heteroatoms. The summed E-state index contributed by atoms with van der Waals surface area (Å²) in [7, 11) is 0. The SMILES string of the molecule is CC(C)(C)OC(=O)N(Cc1ccc2nc(Cn3cnc(-c4cncc(N5CCCC5)c4)c3)cn2c1)CC12CC(F)(C1)C2. The number of anilines is 1. The van der Waals surface area contributed by atoms with Gasteiger partial charge in [0, 0.05) is 50.0 Å². The Morgan fingerprint density at radius 3 is 2.62 bits per heavy atom. The van der Waals surface area contributed by atoms with Crippen LogP contribution in [0.1, 0.15) is 64.1 Å². The molecule has 4 fully saturated rings. The minimum atomic E-state index is -1.00. The van der Waals surface area contributed by atoms with Gasteiger partial charge < -0.3 is 23.5 Å². The van der Waals surface area contributed by atoms with Gasteiger partial charge in [0.05, 0.1) is 42.7 Å². The smallest absolute Gasteiger partial charge is 0.410 e. The van der Waals surface area contributed by atoms with E-state index in [9.17, 15) is 9.18 Å². The Hall–Kier alpha value is -3.95. The number of carbonyl (C=O) groups is 1. The van der Waals surface area contributed by atoms with Crippen LogP contribution in [0, 0.1) is 5.41 Å². The van der Waals surface area contributed by atoms with Crippen LogP contribution in [0.25, 0.3) is 16.9 Å². The molecule has 0 spiro atoms. The van der Waals surface area contributed by atoms with Gasteiger partial charge in [-0.2, -0.15) is 0 Å². The van der Waals surface area contributed by atoms with Crippen molar-refractivity contribution in [2.75, 3.05) is 24.5 Å². The number of ether oxygens (including phenoxy) is 1. The van der Waals surface area contributed by atoms with Crippen molar-refractivity contribution in [3.05, 3.63) is 66.8 Å². The highest BCUT2D eigenvalue weighted by Crippen LogP contribution is 2.69. The number of halogens is 1. The van der Waals surface area contributed by atoms with Crippen molar-refractivity contribution < 1.29 is 13.9 Å². The Morgan fingerprint density at radius 2 is 1.88 bits per heavy atom. The lowest BCUT2D eigenvalue weighted by molar-refractivity contribution is -0.220. The number of fused-ring (bicyclic) bond motifs is 1. The largest absolute Gasteiger partial charge is 0.444 e. The molecule has 9 nitrogen and oxygen atoms in total. The van der Waals surface area contributed by atoms with E-state index in [4.69, 9.17) is 9.72 Å². The zero-order valence-corrected chi connectivity index (χ0v) is 24.6. The summed E-state index contributed by atoms with van der Waals surface area (Å²) in [5.74, 6) is 0. The van der Waals surface area contributed by atoms with Gasteiger partial charge in [-0.1, -0.05) is 6.07 Å². The molecule has 220 valence electrons. The second-order valence-corrected chi connectivity index (χ2v) is 13.6. The van der Waals surface area contributed by atoms with E-state index < -0.39 is 11.3 Å². The predicted molar refractivity (Wildman–Crippen MR) is 158 cm³/mol. The molecular weight excluding hydrogens is 533 g/mol. The van der Waals surface area contributed by atoms with Crippen LogP contribution >= 0.6 is 0 Å². The Bertz CT molecular complexity index is 1610. The van der Waals surface area contributed by atoms with E-state index in [-0.39, 0.29) is 11.5 Å². The summed E-state index contributed by atoms with van der Waals surface area (Å²) in [4.78, 5) is 31.1. The second-order valence-electron chi connectivity index (χ2n) is 13.6. The molecule has 0 radical (unpaired) electrons. The molecule has 1 aliphatic heterocycles. The van der Waals surface area contributed by atoms with E-state index in [0.29, 0.717) is 38.9 Å². The second kappa shape index (κ2) is 9.81. The van der Waals surface area contributed by atoms with Crippen LogP contribution in [0.4, 0.5) is 14.9 Å². The number of alkyl halides is 1. The molecule has 4 aliphatic rings. The fourth-order valence-electron chi connectivity index (χ4n) is 6.92. The van der Waals surface area contributed by atoms with Crippen LogP contribution < -0.4 is 4.90 Å². The first-order chi connectivity index (χ1) is 20.0. The van der Waals surface area contributed by atoms with E-state index in [2.05, 4.69) is 20.9 Å². The van der Waals surface area contributed by atoms with Crippen molar-refractivity contribution >= 4 is 17.4 Å². The quantitative estimate of drug-likeness (QED) is 0.263. The van der Waals surface area contributed by atoms with Gasteiger partial charge in [-0.05, 0) is 76.0 Å². The number of rotatable bonds is 8. The van der Waals surface area contributed by atoms with E-state index in [1.54, 1.807) is 4.90 Å². The maximum Gasteiger partial charge on any atom is 0.410 e. The molecule has 5 heterocycles. The maximum atomic E-state index is 14.2. The number of imidazole rings is 2. The van der Waals surface area contributed by atoms with Crippen molar-refractivity contribution in [1.29, 1.82) is 0 Å². The summed E-state index contributed by atoms with van der Waals surface area (Å²) in [5.41, 5.74) is 4.05. The van der Waals surface area contributed by atoms with Crippen LogP contribution in [-0.2, 0) is 17.8 Å². The lowest BCUT2D eigenvalue weighted by Crippen LogP contribution is -2.68. The Balaban J connectivity index is 1.05. The zero-order chi connectivity index (χ0) is 29.1. The topological polar surface area (TPSA) is 80.8 Å². The van der Waals surface area contributed by atoms with Crippen molar-refractivity contribution in [2.45, 2.75) is 77.2 Å². The fraction of sp³-hybridized carbons (Fsp3) is 0.500. The monoisotopic (exact) mass is 571 g/mol. The predicted octanol–water partition coefficient (Wildman–Crippen LogP) is 5.87. The Morgan fingerprint density at radius 1 is 1.10 bits per heavy atom. The molecule has 3 saturated carbocycles. The first kappa shape index (κ1) is 26.9. The van der Waals surface area contributed by atoms with Crippen molar-refractivity contribution in [3.63, 3.8) is 0 Å². The molecule has 4 aromatic rings. The van der Waals surface area contributed by atoms with Crippen LogP contribution in [0.5, 0.6) is 0 Å². The van der Waals surface area contributed by atoms with E-state index in [1.807, 2.05) is 79.2 Å². The van der Waals surface area contributed by atoms with Crippen molar-refractivity contribution in [1.82, 2.24) is 28.8 Å². The van der Waals surface area contributed by atoms with E-state index >= 15 is 0 Å². The average molecular weight is 572 g/mol. The van der Waals surface area contributed by atoms with Gasteiger partial charge in [-0.15, -0.1) is 0 Å². The molecule has 8 rings (SSSR count). The zero-order valence-electron chi connectivity index (χ0n) is 24.6. The summed E-state index contributed by atoms with van der Waals surface area (Å²) >= 11 is 0. The van der Waals surface area contributed by atoms with Gasteiger partial charge in [0.15, 0.2) is 0 Å². The minimum Gasteiger partial charge on any atom is -0.444 e. The lowest BCUT2D eigenvalue weighted by Gasteiger charge is -2.66. The molecule has 42 heavy (non-hydrogen) atoms. The lowest BCUT2D eigenvalue weighted by atomic mass is 9.42. The van der Waals surface area contributed by atoms with Crippen LogP contribution in [-0.4, -0.2) is 65.8 Å². The van der Waals surface area contributed by atoms with Crippen LogP contribution in [0.2, 0.25) is 0 Å². The first-order valence-corrected chi connectivity index (χ1v) is 14.9. The van der Waals surface area contributed by atoms with Gasteiger partial charge in [0.1, 0.15) is 16.9 Å². The van der Waals surface area contributed by atoms with Gasteiger partial charge in [0.25, 0.3) is 0 Å². The van der Waals surface area contributed by atoms with Crippen molar-refractivity contribution in [3.8, 4) is 11.3 Å². The number of carbonyl (C=O) groups excluding carboxylic acids is 1. The molecule has 4 aromatic heterocycles. The van der Waals surface area contributed by atoms with Crippen LogP contribution in [0.3, 0.4) is 0 Å². The summed E-state index contributed by atoms with van der Waals surface area (Å²) in [5, 5.41) is 0. The van der Waals surface area contributed by atoms with Gasteiger partial charge in [-0.3, -0.25) is 4.98 Å². The Labute approximate surface area is 245 Å². The summed E-state index contributed by atoms with van der Waals surface area (Å²) in [6.07, 6.45) is 15.4. The van der Waals surface area contributed by atoms with Gasteiger partial charge in [-0.25, -0.2) is 19.2 Å². The third-order valence-electron chi connectivity index (χ3n) is 8.66. The number of pyridine rings is 2. The fourth-order valence-corrected chi connectivity index (χ4v) is 6.92. The third kappa shape index (κ3) is 5.34. The first-order valence-electron chi connectivity index (χ1n) is 14.9. The summed E-state index contributed by atoms with van der Waals surface area (Å²) in [6, 6.07) is 6.14. The summed E-state index contributed by atoms with van der Waals surface area (Å²) in [6.45, 7) is 9.25. The highest BCUT2D eigenvalue weighted by Gasteiger charge is 2.69. The van der Waals surface area contributed by atoms with E-state index in [0.717, 1.165) is 46.9 Å². The Kier molecular flexibility index (Phi) is 6.29. The number of aromatic nitrogens is 5. The molecule has 0 aromatic carbocycles. The molecule has 3 aliphatic carbocycles. The number of amides is 1. The van der Waals surface area contributed by atoms with Crippen LogP contribution in [0.15, 0.2) is 55.5 Å². The third-order valence-corrected chi connectivity index (χ3v) is 8.66. The molecular formula is C32H38FN7O2. The molecule has 0 atom stereocenters. The van der Waals surface area contributed by atoms with Gasteiger partial charge in [0.2, 0.25) is 0 Å². The molecule has 1 amide bonds. The molecule has 1 saturated heterocycles. The summed E-state index contributed by atoms with van der Waals surface area (Å²) < 4.78 is 23.9. The molecule has 2 bridgehead atoms. The van der Waals surface area contributed by atoms with Crippen molar-refractivity contribution in [2.24, 2.45) is 5.41 Å². The highest BCUT2D eigenvalue weighted by atomic mass is 19.1. The van der Waals surface area contributed by atoms with E-state index in [1.165, 1.54) is 12.8 Å². The number of hydrogen-bond donors (Lipinski definition) is 0. The number of hydrogen-bond acceptors (Lipinski definition) is 6. The average Bonchev–Trinajstić information content (AvgIpc) is 3.67. The maximum absolute atomic E-state index is 14.2. The minimum absolute atomic E-state index is 0.104. The highest BCUT2D eigenvalue weighted by molar-refractivity contribution is 5.68. The normalized spacial score (nSPS) is 23.1. The molecule has 0 unspecified atom stereocenters. The standard InChI is InChI=1S/C32H38FN7O2/c1-30(2,3)42-29(41)40(21-31-18-32(33,19-31)20-31)14-23-6-7-28-36-25(16-39(28)13-23)15-37-17-27(35-22-37)24-10-26(12-34-11-24)38-8-4-5-9-38/h6-7,10-13,16-17,22H,4-5,8-9,14-15,18-21H2,1-3H3.